The van der Waals surface area contributed by atoms with Crippen LogP contribution in [0.15, 0.2) is 65.2 Å². The number of nitrogens with zero attached hydrogens (tertiary/aromatic N) is 2. The van der Waals surface area contributed by atoms with Crippen molar-refractivity contribution in [3.05, 3.63) is 77.1 Å². The van der Waals surface area contributed by atoms with E-state index < -0.39 is 11.9 Å². The molecule has 7 heteroatoms. The molecule has 2 aliphatic rings. The smallest absolute Gasteiger partial charge is 0.248 e. The SMILES string of the molecule is Cc1ccccc1C(C(=O)NC1CCCCC1)N(C(=O)CNCC1=CCC=NC1C)c1cccc(F)c1. The summed E-state index contributed by atoms with van der Waals surface area (Å²) in [7, 11) is 0. The van der Waals surface area contributed by atoms with E-state index in [0.717, 1.165) is 48.8 Å². The Bertz CT molecular complexity index is 1160. The predicted octanol–water partition coefficient (Wildman–Crippen LogP) is 5.04. The molecule has 2 atom stereocenters. The van der Waals surface area contributed by atoms with Crippen LogP contribution in [-0.2, 0) is 9.59 Å². The maximum absolute atomic E-state index is 14.4. The minimum Gasteiger partial charge on any atom is -0.351 e. The molecule has 0 aromatic heterocycles. The summed E-state index contributed by atoms with van der Waals surface area (Å²) in [6.07, 6.45) is 9.98. The predicted molar refractivity (Wildman–Crippen MR) is 146 cm³/mol. The molecule has 1 heterocycles. The van der Waals surface area contributed by atoms with Crippen LogP contribution in [0.4, 0.5) is 10.1 Å². The first-order chi connectivity index (χ1) is 17.9. The molecule has 6 nitrogen and oxygen atoms in total. The van der Waals surface area contributed by atoms with Gasteiger partial charge in [0.25, 0.3) is 0 Å². The van der Waals surface area contributed by atoms with Crippen molar-refractivity contribution in [1.82, 2.24) is 10.6 Å². The number of allylic oxidation sites excluding steroid dienone is 1. The van der Waals surface area contributed by atoms with Crippen LogP contribution in [0, 0.1) is 12.7 Å². The molecule has 2 aromatic rings. The molecule has 1 fully saturated rings. The number of amides is 2. The van der Waals surface area contributed by atoms with Crippen LogP contribution in [0.1, 0.15) is 62.6 Å². The van der Waals surface area contributed by atoms with Crippen molar-refractivity contribution < 1.29 is 14.0 Å². The number of carbonyl (C=O) groups excluding carboxylic acids is 2. The first kappa shape index (κ1) is 26.7. The molecular formula is C30H37FN4O2. The number of halogens is 1. The summed E-state index contributed by atoms with van der Waals surface area (Å²) >= 11 is 0. The van der Waals surface area contributed by atoms with Crippen molar-refractivity contribution in [2.45, 2.75) is 70.5 Å². The fourth-order valence-electron chi connectivity index (χ4n) is 5.19. The summed E-state index contributed by atoms with van der Waals surface area (Å²) in [6.45, 7) is 4.47. The fraction of sp³-hybridized carbons (Fsp3) is 0.433. The lowest BCUT2D eigenvalue weighted by molar-refractivity contribution is -0.127. The Morgan fingerprint density at radius 1 is 1.11 bits per heavy atom. The van der Waals surface area contributed by atoms with E-state index in [9.17, 15) is 14.0 Å². The van der Waals surface area contributed by atoms with Crippen LogP contribution in [0.5, 0.6) is 0 Å². The molecule has 2 N–H and O–H groups in total. The van der Waals surface area contributed by atoms with Crippen molar-refractivity contribution >= 4 is 23.7 Å². The van der Waals surface area contributed by atoms with Gasteiger partial charge in [0, 0.05) is 30.9 Å². The van der Waals surface area contributed by atoms with E-state index in [0.29, 0.717) is 12.2 Å². The van der Waals surface area contributed by atoms with E-state index in [1.54, 1.807) is 12.1 Å². The third-order valence-electron chi connectivity index (χ3n) is 7.25. The highest BCUT2D eigenvalue weighted by molar-refractivity contribution is 6.02. The first-order valence-corrected chi connectivity index (χ1v) is 13.3. The lowest BCUT2D eigenvalue weighted by atomic mass is 9.93. The van der Waals surface area contributed by atoms with Crippen LogP contribution in [-0.4, -0.2) is 43.2 Å². The van der Waals surface area contributed by atoms with E-state index in [4.69, 9.17) is 0 Å². The highest BCUT2D eigenvalue weighted by Crippen LogP contribution is 2.31. The van der Waals surface area contributed by atoms with Gasteiger partial charge in [0.15, 0.2) is 0 Å². The van der Waals surface area contributed by atoms with Gasteiger partial charge in [0.05, 0.1) is 12.6 Å². The summed E-state index contributed by atoms with van der Waals surface area (Å²) in [5.41, 5.74) is 3.10. The quantitative estimate of drug-likeness (QED) is 0.470. The standard InChI is InChI=1S/C30H37FN4O2/c1-21-10-6-7-16-27(21)29(30(37)34-25-13-4-3-5-14-25)35(26-15-8-12-24(31)18-26)28(36)20-32-19-23-11-9-17-33-22(23)2/h6-8,10-12,15-18,22,25,29,32H,3-5,9,13-14,19-20H2,1-2H3,(H,34,37). The number of carbonyl (C=O) groups is 2. The molecule has 0 spiro atoms. The number of hydrogen-bond donors (Lipinski definition) is 2. The fourth-order valence-corrected chi connectivity index (χ4v) is 5.19. The van der Waals surface area contributed by atoms with E-state index in [-0.39, 0.29) is 30.4 Å². The molecule has 0 saturated heterocycles. The minimum absolute atomic E-state index is 0.00335. The zero-order valence-electron chi connectivity index (χ0n) is 21.8. The van der Waals surface area contributed by atoms with E-state index in [2.05, 4.69) is 21.7 Å². The number of hydrogen-bond acceptors (Lipinski definition) is 4. The van der Waals surface area contributed by atoms with E-state index in [1.807, 2.05) is 44.3 Å². The molecule has 1 saturated carbocycles. The van der Waals surface area contributed by atoms with Gasteiger partial charge in [-0.1, -0.05) is 55.7 Å². The van der Waals surface area contributed by atoms with Crippen LogP contribution in [0.3, 0.4) is 0 Å². The Kier molecular flexibility index (Phi) is 9.23. The second kappa shape index (κ2) is 12.8. The normalized spacial score (nSPS) is 18.7. The topological polar surface area (TPSA) is 73.8 Å². The summed E-state index contributed by atoms with van der Waals surface area (Å²) in [5.74, 6) is -1.000. The second-order valence-electron chi connectivity index (χ2n) is 9.97. The molecule has 2 aromatic carbocycles. The molecule has 37 heavy (non-hydrogen) atoms. The number of aliphatic imine (C=N–C) groups is 1. The van der Waals surface area contributed by atoms with Crippen molar-refractivity contribution in [3.8, 4) is 0 Å². The zero-order valence-corrected chi connectivity index (χ0v) is 21.8. The Hall–Kier alpha value is -3.32. The van der Waals surface area contributed by atoms with Crippen molar-refractivity contribution in [3.63, 3.8) is 0 Å². The van der Waals surface area contributed by atoms with Gasteiger partial charge in [-0.15, -0.1) is 0 Å². The van der Waals surface area contributed by atoms with E-state index >= 15 is 0 Å². The lowest BCUT2D eigenvalue weighted by Gasteiger charge is -2.34. The minimum atomic E-state index is -0.920. The number of dihydropyridines is 1. The van der Waals surface area contributed by atoms with Gasteiger partial charge in [-0.2, -0.15) is 0 Å². The maximum Gasteiger partial charge on any atom is 0.248 e. The molecule has 0 radical (unpaired) electrons. The zero-order chi connectivity index (χ0) is 26.2. The second-order valence-corrected chi connectivity index (χ2v) is 9.97. The molecule has 1 aliphatic carbocycles. The number of aryl methyl sites for hydroxylation is 1. The maximum atomic E-state index is 14.4. The third-order valence-corrected chi connectivity index (χ3v) is 7.25. The van der Waals surface area contributed by atoms with Gasteiger partial charge in [-0.05, 0) is 61.6 Å². The molecule has 1 aliphatic heterocycles. The molecule has 196 valence electrons. The molecular weight excluding hydrogens is 467 g/mol. The molecule has 2 unspecified atom stereocenters. The van der Waals surface area contributed by atoms with Crippen LogP contribution in [0.25, 0.3) is 0 Å². The number of rotatable bonds is 9. The van der Waals surface area contributed by atoms with Crippen LogP contribution >= 0.6 is 0 Å². The number of nitrogens with one attached hydrogen (secondary N) is 2. The van der Waals surface area contributed by atoms with Gasteiger partial charge in [0.1, 0.15) is 11.9 Å². The Balaban J connectivity index is 1.64. The Labute approximate surface area is 219 Å². The van der Waals surface area contributed by atoms with Crippen molar-refractivity contribution in [1.29, 1.82) is 0 Å². The van der Waals surface area contributed by atoms with Crippen molar-refractivity contribution in [2.24, 2.45) is 4.99 Å². The monoisotopic (exact) mass is 504 g/mol. The van der Waals surface area contributed by atoms with Gasteiger partial charge in [0.2, 0.25) is 11.8 Å². The summed E-state index contributed by atoms with van der Waals surface area (Å²) in [4.78, 5) is 33.6. The highest BCUT2D eigenvalue weighted by Gasteiger charge is 2.35. The average molecular weight is 505 g/mol. The van der Waals surface area contributed by atoms with E-state index in [1.165, 1.54) is 23.5 Å². The Morgan fingerprint density at radius 2 is 1.89 bits per heavy atom. The number of anilines is 1. The van der Waals surface area contributed by atoms with Crippen molar-refractivity contribution in [2.75, 3.05) is 18.0 Å². The van der Waals surface area contributed by atoms with Gasteiger partial charge in [-0.3, -0.25) is 19.5 Å². The third kappa shape index (κ3) is 6.92. The summed E-state index contributed by atoms with van der Waals surface area (Å²) < 4.78 is 14.4. The lowest BCUT2D eigenvalue weighted by Crippen LogP contribution is -2.49. The van der Waals surface area contributed by atoms with Crippen LogP contribution in [0.2, 0.25) is 0 Å². The van der Waals surface area contributed by atoms with Gasteiger partial charge >= 0.3 is 0 Å². The summed E-state index contributed by atoms with van der Waals surface area (Å²) in [5, 5.41) is 6.44. The Morgan fingerprint density at radius 3 is 2.62 bits per heavy atom. The molecule has 2 amide bonds. The highest BCUT2D eigenvalue weighted by atomic mass is 19.1. The van der Waals surface area contributed by atoms with Gasteiger partial charge < -0.3 is 10.6 Å². The largest absolute Gasteiger partial charge is 0.351 e. The first-order valence-electron chi connectivity index (χ1n) is 13.3. The molecule has 0 bridgehead atoms. The number of benzene rings is 2. The van der Waals surface area contributed by atoms with Crippen LogP contribution < -0.4 is 15.5 Å². The average Bonchev–Trinajstić information content (AvgIpc) is 2.89. The molecule has 4 rings (SSSR count). The van der Waals surface area contributed by atoms with Gasteiger partial charge in [-0.25, -0.2) is 4.39 Å². The summed E-state index contributed by atoms with van der Waals surface area (Å²) in [6, 6.07) is 12.7.